The third kappa shape index (κ3) is 1.85. The van der Waals surface area contributed by atoms with Gasteiger partial charge >= 0.3 is 5.63 Å². The van der Waals surface area contributed by atoms with Crippen molar-refractivity contribution in [1.82, 2.24) is 0 Å². The zero-order valence-corrected chi connectivity index (χ0v) is 8.21. The average Bonchev–Trinajstić information content (AvgIpc) is 2.26. The van der Waals surface area contributed by atoms with Crippen LogP contribution < -0.4 is 10.7 Å². The molecule has 1 aromatic carbocycles. The molecule has 0 aliphatic heterocycles. The molecule has 1 heterocycles. The number of rotatable bonds is 2. The van der Waals surface area contributed by atoms with Gasteiger partial charge < -0.3 is 14.3 Å². The fraction of sp³-hybridized carbons (Fsp3) is 0. The maximum Gasteiger partial charge on any atom is 0.345 e. The lowest BCUT2D eigenvalue weighted by molar-refractivity contribution is -0.384. The van der Waals surface area contributed by atoms with Crippen LogP contribution >= 0.6 is 0 Å². The van der Waals surface area contributed by atoms with Gasteiger partial charge in [0.05, 0.1) is 22.5 Å². The van der Waals surface area contributed by atoms with Gasteiger partial charge in [0, 0.05) is 11.5 Å². The maximum absolute atomic E-state index is 11.2. The van der Waals surface area contributed by atoms with Crippen LogP contribution in [0.1, 0.15) is 10.4 Å². The lowest BCUT2D eigenvalue weighted by atomic mass is 10.2. The molecular formula is C10H4NO6-. The lowest BCUT2D eigenvalue weighted by Crippen LogP contribution is -2.28. The molecule has 1 aromatic heterocycles. The SMILES string of the molecule is O=C([O-])c1cc2ccc([N+](=O)[O-])cc2oc1=O. The quantitative estimate of drug-likeness (QED) is 0.412. The lowest BCUT2D eigenvalue weighted by Gasteiger charge is -2.02. The molecule has 2 aromatic rings. The van der Waals surface area contributed by atoms with Crippen LogP contribution in [0.25, 0.3) is 11.0 Å². The normalized spacial score (nSPS) is 10.4. The van der Waals surface area contributed by atoms with E-state index in [1.54, 1.807) is 0 Å². The van der Waals surface area contributed by atoms with E-state index >= 15 is 0 Å². The number of non-ortho nitro benzene ring substituents is 1. The Kier molecular flexibility index (Phi) is 2.36. The van der Waals surface area contributed by atoms with E-state index in [0.29, 0.717) is 0 Å². The number of nitrogens with zero attached hydrogens (tertiary/aromatic N) is 1. The first-order valence-electron chi connectivity index (χ1n) is 4.42. The molecule has 0 amide bonds. The van der Waals surface area contributed by atoms with Crippen molar-refractivity contribution in [2.24, 2.45) is 0 Å². The standard InChI is InChI=1S/C10H5NO6/c12-9(13)7-3-5-1-2-6(11(15)16)4-8(5)17-10(7)14/h1-4H,(H,12,13)/p-1. The van der Waals surface area contributed by atoms with Gasteiger partial charge in [-0.2, -0.15) is 0 Å². The molecule has 0 unspecified atom stereocenters. The number of nitro groups is 1. The minimum atomic E-state index is -1.65. The van der Waals surface area contributed by atoms with E-state index in [-0.39, 0.29) is 16.7 Å². The van der Waals surface area contributed by atoms with Crippen LogP contribution in [0.2, 0.25) is 0 Å². The minimum Gasteiger partial charge on any atom is -0.545 e. The third-order valence-corrected chi connectivity index (χ3v) is 2.15. The predicted octanol–water partition coefficient (Wildman–Crippen LogP) is 0.0647. The molecule has 0 bridgehead atoms. The highest BCUT2D eigenvalue weighted by Crippen LogP contribution is 2.20. The zero-order chi connectivity index (χ0) is 12.6. The number of benzene rings is 1. The summed E-state index contributed by atoms with van der Waals surface area (Å²) in [5, 5.41) is 21.3. The summed E-state index contributed by atoms with van der Waals surface area (Å²) in [7, 11) is 0. The third-order valence-electron chi connectivity index (χ3n) is 2.15. The Balaban J connectivity index is 2.75. The largest absolute Gasteiger partial charge is 0.545 e. The molecular weight excluding hydrogens is 230 g/mol. The van der Waals surface area contributed by atoms with Crippen molar-refractivity contribution in [2.75, 3.05) is 0 Å². The Morgan fingerprint density at radius 1 is 1.29 bits per heavy atom. The van der Waals surface area contributed by atoms with E-state index in [0.717, 1.165) is 12.1 Å². The van der Waals surface area contributed by atoms with Gasteiger partial charge in [0.2, 0.25) is 0 Å². The molecule has 7 heteroatoms. The summed E-state index contributed by atoms with van der Waals surface area (Å²) in [4.78, 5) is 31.6. The molecule has 0 saturated carbocycles. The second-order valence-electron chi connectivity index (χ2n) is 3.21. The van der Waals surface area contributed by atoms with Crippen LogP contribution in [-0.4, -0.2) is 10.9 Å². The van der Waals surface area contributed by atoms with E-state index in [1.807, 2.05) is 0 Å². The van der Waals surface area contributed by atoms with Crippen LogP contribution in [0.5, 0.6) is 0 Å². The number of nitro benzene ring substituents is 1. The average molecular weight is 234 g/mol. The highest BCUT2D eigenvalue weighted by Gasteiger charge is 2.10. The van der Waals surface area contributed by atoms with E-state index in [1.165, 1.54) is 12.1 Å². The second kappa shape index (κ2) is 3.71. The van der Waals surface area contributed by atoms with E-state index in [2.05, 4.69) is 4.42 Å². The van der Waals surface area contributed by atoms with Crippen molar-refractivity contribution < 1.29 is 19.2 Å². The molecule has 86 valence electrons. The molecule has 0 aliphatic rings. The molecule has 0 N–H and O–H groups in total. The molecule has 0 aliphatic carbocycles. The summed E-state index contributed by atoms with van der Waals surface area (Å²) in [5.41, 5.74) is -2.01. The number of carboxylic acid groups (broad SMARTS) is 1. The number of carbonyl (C=O) groups excluding carboxylic acids is 1. The summed E-state index contributed by atoms with van der Waals surface area (Å²) in [6.07, 6.45) is 0. The first-order valence-corrected chi connectivity index (χ1v) is 4.42. The van der Waals surface area contributed by atoms with Crippen LogP contribution in [-0.2, 0) is 0 Å². The van der Waals surface area contributed by atoms with Gasteiger partial charge in [0.15, 0.2) is 0 Å². The van der Waals surface area contributed by atoms with Gasteiger partial charge in [-0.15, -0.1) is 0 Å². The molecule has 17 heavy (non-hydrogen) atoms. The van der Waals surface area contributed by atoms with Crippen molar-refractivity contribution in [3.8, 4) is 0 Å². The summed E-state index contributed by atoms with van der Waals surface area (Å²) in [6, 6.07) is 4.58. The smallest absolute Gasteiger partial charge is 0.345 e. The number of carboxylic acids is 1. The summed E-state index contributed by atoms with van der Waals surface area (Å²) >= 11 is 0. The molecule has 7 nitrogen and oxygen atoms in total. The monoisotopic (exact) mass is 234 g/mol. The van der Waals surface area contributed by atoms with Crippen molar-refractivity contribution in [3.63, 3.8) is 0 Å². The topological polar surface area (TPSA) is 113 Å². The molecule has 0 spiro atoms. The number of carbonyl (C=O) groups is 1. The van der Waals surface area contributed by atoms with E-state index in [4.69, 9.17) is 0 Å². The van der Waals surface area contributed by atoms with Gasteiger partial charge in [-0.25, -0.2) is 4.79 Å². The van der Waals surface area contributed by atoms with Crippen molar-refractivity contribution >= 4 is 22.6 Å². The number of hydrogen-bond donors (Lipinski definition) is 0. The van der Waals surface area contributed by atoms with Gasteiger partial charge in [0.1, 0.15) is 5.58 Å². The minimum absolute atomic E-state index is 0.0470. The zero-order valence-electron chi connectivity index (χ0n) is 8.21. The molecule has 0 atom stereocenters. The Labute approximate surface area is 93.1 Å². The summed E-state index contributed by atoms with van der Waals surface area (Å²) in [6.45, 7) is 0. The number of hydrogen-bond acceptors (Lipinski definition) is 6. The maximum atomic E-state index is 11.2. The van der Waals surface area contributed by atoms with Crippen molar-refractivity contribution in [1.29, 1.82) is 0 Å². The summed E-state index contributed by atoms with van der Waals surface area (Å²) in [5.74, 6) is -1.65. The Morgan fingerprint density at radius 3 is 2.59 bits per heavy atom. The second-order valence-corrected chi connectivity index (χ2v) is 3.21. The van der Waals surface area contributed by atoms with Gasteiger partial charge in [-0.05, 0) is 12.1 Å². The fourth-order valence-corrected chi connectivity index (χ4v) is 1.36. The van der Waals surface area contributed by atoms with E-state index < -0.39 is 22.1 Å². The van der Waals surface area contributed by atoms with Gasteiger partial charge in [-0.3, -0.25) is 10.1 Å². The first-order chi connectivity index (χ1) is 7.99. The number of aromatic carboxylic acids is 1. The van der Waals surface area contributed by atoms with E-state index in [9.17, 15) is 24.8 Å². The van der Waals surface area contributed by atoms with Crippen LogP contribution in [0.4, 0.5) is 5.69 Å². The molecule has 0 fully saturated rings. The predicted molar refractivity (Wildman–Crippen MR) is 53.5 cm³/mol. The van der Waals surface area contributed by atoms with Crippen LogP contribution in [0.3, 0.4) is 0 Å². The molecule has 0 saturated heterocycles. The van der Waals surface area contributed by atoms with Crippen molar-refractivity contribution in [2.45, 2.75) is 0 Å². The molecule has 0 radical (unpaired) electrons. The Bertz CT molecular complexity index is 687. The van der Waals surface area contributed by atoms with Gasteiger partial charge in [-0.1, -0.05) is 0 Å². The number of fused-ring (bicyclic) bond motifs is 1. The first kappa shape index (κ1) is 10.8. The van der Waals surface area contributed by atoms with Crippen molar-refractivity contribution in [3.05, 3.63) is 50.4 Å². The van der Waals surface area contributed by atoms with Gasteiger partial charge in [0.25, 0.3) is 5.69 Å². The fourth-order valence-electron chi connectivity index (χ4n) is 1.36. The highest BCUT2D eigenvalue weighted by molar-refractivity contribution is 5.90. The Morgan fingerprint density at radius 2 is 2.00 bits per heavy atom. The molecule has 2 rings (SSSR count). The van der Waals surface area contributed by atoms with Crippen LogP contribution in [0.15, 0.2) is 33.5 Å². The highest BCUT2D eigenvalue weighted by atomic mass is 16.6. The Hall–Kier alpha value is -2.70. The van der Waals surface area contributed by atoms with Crippen LogP contribution in [0, 0.1) is 10.1 Å². The summed E-state index contributed by atoms with van der Waals surface area (Å²) < 4.78 is 4.66.